The fourth-order valence-electron chi connectivity index (χ4n) is 5.99. The van der Waals surface area contributed by atoms with Gasteiger partial charge in [0.25, 0.3) is 0 Å². The van der Waals surface area contributed by atoms with Crippen LogP contribution in [0.1, 0.15) is 30.4 Å². The monoisotopic (exact) mass is 329 g/mol. The van der Waals surface area contributed by atoms with Crippen molar-refractivity contribution in [3.05, 3.63) is 35.9 Å². The minimum atomic E-state index is -0.940. The van der Waals surface area contributed by atoms with E-state index < -0.39 is 23.2 Å². The Balaban J connectivity index is 1.78. The molecule has 3 N–H and O–H groups in total. The van der Waals surface area contributed by atoms with E-state index in [1.807, 2.05) is 12.1 Å². The fraction of sp³-hybridized carbons (Fsp3) is 0.579. The molecule has 0 aromatic heterocycles. The zero-order chi connectivity index (χ0) is 16.7. The molecule has 5 heteroatoms. The molecule has 1 spiro atoms. The highest BCUT2D eigenvalue weighted by Gasteiger charge is 2.72. The lowest BCUT2D eigenvalue weighted by atomic mass is 9.48. The number of piperidine rings is 1. The van der Waals surface area contributed by atoms with Gasteiger partial charge in [-0.25, -0.2) is 0 Å². The van der Waals surface area contributed by atoms with Gasteiger partial charge in [0.05, 0.1) is 17.1 Å². The number of rotatable bonds is 2. The van der Waals surface area contributed by atoms with Crippen LogP contribution in [0.25, 0.3) is 0 Å². The SMILES string of the molecule is C=CCN1CC[C@]23c4c5ccc(O)c4O[C@H]2[C@@H](O)CC[C@@]3(O)[C@H]1C5. The van der Waals surface area contributed by atoms with Crippen LogP contribution in [0.15, 0.2) is 24.8 Å². The first kappa shape index (κ1) is 14.8. The molecule has 0 amide bonds. The number of nitrogens with zero attached hydrogens (tertiary/aromatic N) is 1. The van der Waals surface area contributed by atoms with Crippen LogP contribution in [0, 0.1) is 0 Å². The molecule has 4 aliphatic rings. The van der Waals surface area contributed by atoms with E-state index in [1.165, 1.54) is 0 Å². The molecule has 2 bridgehead atoms. The molecule has 5 atom stereocenters. The van der Waals surface area contributed by atoms with Crippen LogP contribution in [-0.2, 0) is 11.8 Å². The average molecular weight is 329 g/mol. The van der Waals surface area contributed by atoms with E-state index in [2.05, 4.69) is 11.5 Å². The third kappa shape index (κ3) is 1.43. The van der Waals surface area contributed by atoms with E-state index in [9.17, 15) is 15.3 Å². The molecule has 0 radical (unpaired) electrons. The standard InChI is InChI=1S/C19H23NO4/c1-2-8-20-9-7-18-15-11-3-4-12(21)16(15)24-17(18)13(22)5-6-19(18,23)14(20)10-11/h2-4,13-14,17,21-23H,1,5-10H2/t13-,14+,17-,18-,19+/m0/s1. The summed E-state index contributed by atoms with van der Waals surface area (Å²) in [7, 11) is 0. The van der Waals surface area contributed by atoms with Crippen LogP contribution >= 0.6 is 0 Å². The lowest BCUT2D eigenvalue weighted by Gasteiger charge is -2.63. The Morgan fingerprint density at radius 2 is 2.21 bits per heavy atom. The van der Waals surface area contributed by atoms with E-state index in [0.29, 0.717) is 18.6 Å². The molecule has 1 saturated heterocycles. The van der Waals surface area contributed by atoms with Gasteiger partial charge in [0.15, 0.2) is 11.5 Å². The Morgan fingerprint density at radius 1 is 1.38 bits per heavy atom. The number of phenolic OH excluding ortho intramolecular Hbond substituents is 1. The second kappa shape index (κ2) is 4.54. The van der Waals surface area contributed by atoms with Gasteiger partial charge in [0.1, 0.15) is 6.10 Å². The van der Waals surface area contributed by atoms with Crippen molar-refractivity contribution >= 4 is 0 Å². The quantitative estimate of drug-likeness (QED) is 0.709. The summed E-state index contributed by atoms with van der Waals surface area (Å²) < 4.78 is 6.08. The number of aliphatic hydroxyl groups is 2. The van der Waals surface area contributed by atoms with Crippen LogP contribution in [0.4, 0.5) is 0 Å². The Hall–Kier alpha value is -1.56. The first-order chi connectivity index (χ1) is 11.5. The smallest absolute Gasteiger partial charge is 0.165 e. The van der Waals surface area contributed by atoms with E-state index in [0.717, 1.165) is 37.1 Å². The summed E-state index contributed by atoms with van der Waals surface area (Å²) >= 11 is 0. The minimum absolute atomic E-state index is 0.00848. The van der Waals surface area contributed by atoms with E-state index in [-0.39, 0.29) is 11.8 Å². The molecular formula is C19H23NO4. The van der Waals surface area contributed by atoms with E-state index in [1.54, 1.807) is 6.07 Å². The van der Waals surface area contributed by atoms with Crippen molar-refractivity contribution in [2.75, 3.05) is 13.1 Å². The van der Waals surface area contributed by atoms with Gasteiger partial charge in [-0.2, -0.15) is 0 Å². The Bertz CT molecular complexity index is 734. The number of phenols is 1. The maximum Gasteiger partial charge on any atom is 0.165 e. The second-order valence-corrected chi connectivity index (χ2v) is 7.74. The maximum atomic E-state index is 11.9. The first-order valence-corrected chi connectivity index (χ1v) is 8.80. The summed E-state index contributed by atoms with van der Waals surface area (Å²) in [5.41, 5.74) is 0.518. The van der Waals surface area contributed by atoms with Gasteiger partial charge in [-0.05, 0) is 43.9 Å². The van der Waals surface area contributed by atoms with Crippen LogP contribution in [0.2, 0.25) is 0 Å². The van der Waals surface area contributed by atoms with Crippen LogP contribution < -0.4 is 4.74 Å². The van der Waals surface area contributed by atoms with Crippen molar-refractivity contribution in [2.45, 2.75) is 54.9 Å². The zero-order valence-electron chi connectivity index (χ0n) is 13.6. The highest BCUT2D eigenvalue weighted by molar-refractivity contribution is 5.62. The molecule has 1 aromatic carbocycles. The Labute approximate surface area is 141 Å². The largest absolute Gasteiger partial charge is 0.504 e. The van der Waals surface area contributed by atoms with Crippen molar-refractivity contribution < 1.29 is 20.1 Å². The van der Waals surface area contributed by atoms with Crippen molar-refractivity contribution in [2.24, 2.45) is 0 Å². The van der Waals surface area contributed by atoms with Gasteiger partial charge in [-0.1, -0.05) is 12.1 Å². The predicted molar refractivity (Wildman–Crippen MR) is 88.3 cm³/mol. The Kier molecular flexibility index (Phi) is 2.79. The fourth-order valence-corrected chi connectivity index (χ4v) is 5.99. The number of aromatic hydroxyl groups is 1. The first-order valence-electron chi connectivity index (χ1n) is 8.80. The molecule has 5 nitrogen and oxygen atoms in total. The number of hydrogen-bond acceptors (Lipinski definition) is 5. The molecule has 1 aromatic rings. The van der Waals surface area contributed by atoms with Gasteiger partial charge >= 0.3 is 0 Å². The van der Waals surface area contributed by atoms with Crippen molar-refractivity contribution in [1.82, 2.24) is 4.90 Å². The third-order valence-electron chi connectivity index (χ3n) is 6.91. The lowest BCUT2D eigenvalue weighted by molar-refractivity contribution is -0.206. The molecule has 5 rings (SSSR count). The van der Waals surface area contributed by atoms with Gasteiger partial charge in [-0.15, -0.1) is 6.58 Å². The lowest BCUT2D eigenvalue weighted by Crippen LogP contribution is -2.77. The van der Waals surface area contributed by atoms with Gasteiger partial charge < -0.3 is 20.1 Å². The number of likely N-dealkylation sites (tertiary alicyclic amines) is 1. The summed E-state index contributed by atoms with van der Waals surface area (Å²) in [6.45, 7) is 5.44. The molecule has 2 heterocycles. The van der Waals surface area contributed by atoms with Crippen LogP contribution in [0.3, 0.4) is 0 Å². The van der Waals surface area contributed by atoms with Gasteiger partial charge in [0, 0.05) is 18.2 Å². The number of hydrogen-bond donors (Lipinski definition) is 3. The van der Waals surface area contributed by atoms with E-state index in [4.69, 9.17) is 4.74 Å². The summed E-state index contributed by atoms with van der Waals surface area (Å²) in [6.07, 6.45) is 3.33. The molecule has 24 heavy (non-hydrogen) atoms. The maximum absolute atomic E-state index is 11.9. The molecule has 0 unspecified atom stereocenters. The summed E-state index contributed by atoms with van der Waals surface area (Å²) in [4.78, 5) is 2.31. The van der Waals surface area contributed by atoms with E-state index >= 15 is 0 Å². The minimum Gasteiger partial charge on any atom is -0.504 e. The topological polar surface area (TPSA) is 73.2 Å². The molecule has 2 aliphatic carbocycles. The van der Waals surface area contributed by atoms with Gasteiger partial charge in [-0.3, -0.25) is 4.90 Å². The molecular weight excluding hydrogens is 306 g/mol. The molecule has 1 saturated carbocycles. The third-order valence-corrected chi connectivity index (χ3v) is 6.91. The summed E-state index contributed by atoms with van der Waals surface area (Å²) in [5, 5.41) is 32.8. The molecule has 2 aliphatic heterocycles. The summed E-state index contributed by atoms with van der Waals surface area (Å²) in [5.74, 6) is 0.589. The van der Waals surface area contributed by atoms with Crippen molar-refractivity contribution in [1.29, 1.82) is 0 Å². The summed E-state index contributed by atoms with van der Waals surface area (Å²) in [6, 6.07) is 3.62. The van der Waals surface area contributed by atoms with Crippen LogP contribution in [-0.4, -0.2) is 57.2 Å². The zero-order valence-corrected chi connectivity index (χ0v) is 13.6. The highest BCUT2D eigenvalue weighted by atomic mass is 16.5. The molecule has 2 fully saturated rings. The van der Waals surface area contributed by atoms with Crippen molar-refractivity contribution in [3.8, 4) is 11.5 Å². The number of benzene rings is 1. The predicted octanol–water partition coefficient (Wildman–Crippen LogP) is 1.09. The normalized spacial score (nSPS) is 42.3. The highest BCUT2D eigenvalue weighted by Crippen LogP contribution is 2.65. The Morgan fingerprint density at radius 3 is 3.00 bits per heavy atom. The van der Waals surface area contributed by atoms with Crippen molar-refractivity contribution in [3.63, 3.8) is 0 Å². The molecule has 128 valence electrons. The number of aliphatic hydroxyl groups excluding tert-OH is 1. The van der Waals surface area contributed by atoms with Crippen LogP contribution in [0.5, 0.6) is 11.5 Å². The van der Waals surface area contributed by atoms with Gasteiger partial charge in [0.2, 0.25) is 0 Å². The second-order valence-electron chi connectivity index (χ2n) is 7.74. The number of ether oxygens (including phenoxy) is 1. The average Bonchev–Trinajstić information content (AvgIpc) is 2.91.